The first-order valence-corrected chi connectivity index (χ1v) is 11.2. The molecule has 4 aromatic rings. The number of benzene rings is 3. The third-order valence-corrected chi connectivity index (χ3v) is 6.04. The monoisotopic (exact) mass is 462 g/mol. The zero-order valence-corrected chi connectivity index (χ0v) is 18.7. The summed E-state index contributed by atoms with van der Waals surface area (Å²) in [6.07, 6.45) is 0. The summed E-state index contributed by atoms with van der Waals surface area (Å²) in [5, 5.41) is 12.6. The Kier molecular flexibility index (Phi) is 6.68. The Hall–Kier alpha value is -3.42. The van der Waals surface area contributed by atoms with Crippen LogP contribution in [0.25, 0.3) is 11.4 Å². The standard InChI is InChI=1S/C24H19ClN4O2S/c1-29-22(17-7-11-19(25)12-8-17)27-28-24(29)32-15-21(30)16-9-13-20(14-10-16)26-23(31)18-5-3-2-4-6-18/h2-14H,15H2,1H3,(H,26,31). The van der Waals surface area contributed by atoms with Crippen LogP contribution >= 0.6 is 23.4 Å². The van der Waals surface area contributed by atoms with Crippen molar-refractivity contribution in [1.29, 1.82) is 0 Å². The van der Waals surface area contributed by atoms with Gasteiger partial charge in [0.25, 0.3) is 5.91 Å². The Labute approximate surface area is 194 Å². The van der Waals surface area contributed by atoms with Gasteiger partial charge < -0.3 is 9.88 Å². The summed E-state index contributed by atoms with van der Waals surface area (Å²) in [7, 11) is 1.86. The van der Waals surface area contributed by atoms with E-state index in [1.807, 2.05) is 41.9 Å². The lowest BCUT2D eigenvalue weighted by Gasteiger charge is -2.07. The quantitative estimate of drug-likeness (QED) is 0.295. The van der Waals surface area contributed by atoms with Crippen LogP contribution in [0.4, 0.5) is 5.69 Å². The topological polar surface area (TPSA) is 76.9 Å². The van der Waals surface area contributed by atoms with Gasteiger partial charge >= 0.3 is 0 Å². The van der Waals surface area contributed by atoms with Gasteiger partial charge in [0.1, 0.15) is 0 Å². The molecule has 160 valence electrons. The second kappa shape index (κ2) is 9.80. The lowest BCUT2D eigenvalue weighted by Crippen LogP contribution is -2.12. The summed E-state index contributed by atoms with van der Waals surface area (Å²) in [6.45, 7) is 0. The first-order chi connectivity index (χ1) is 15.5. The van der Waals surface area contributed by atoms with E-state index in [1.54, 1.807) is 48.5 Å². The van der Waals surface area contributed by atoms with Crippen LogP contribution in [-0.2, 0) is 7.05 Å². The van der Waals surface area contributed by atoms with Crippen molar-refractivity contribution in [2.45, 2.75) is 5.16 Å². The molecular formula is C24H19ClN4O2S. The molecule has 6 nitrogen and oxygen atoms in total. The van der Waals surface area contributed by atoms with Crippen LogP contribution in [0.15, 0.2) is 84.0 Å². The Morgan fingerprint density at radius 1 is 0.906 bits per heavy atom. The molecule has 0 bridgehead atoms. The van der Waals surface area contributed by atoms with Gasteiger partial charge in [-0.2, -0.15) is 0 Å². The number of rotatable bonds is 7. The molecule has 32 heavy (non-hydrogen) atoms. The molecule has 0 aliphatic heterocycles. The molecule has 0 aliphatic rings. The molecule has 0 fully saturated rings. The van der Waals surface area contributed by atoms with Crippen molar-refractivity contribution in [3.8, 4) is 11.4 Å². The van der Waals surface area contributed by atoms with Gasteiger partial charge in [-0.05, 0) is 60.7 Å². The third kappa shape index (κ3) is 5.07. The molecule has 1 heterocycles. The van der Waals surface area contributed by atoms with Crippen LogP contribution in [0.1, 0.15) is 20.7 Å². The minimum atomic E-state index is -0.195. The van der Waals surface area contributed by atoms with Crippen LogP contribution in [0.3, 0.4) is 0 Å². The molecule has 0 saturated carbocycles. The fourth-order valence-corrected chi connectivity index (χ4v) is 3.97. The van der Waals surface area contributed by atoms with Crippen molar-refractivity contribution in [2.24, 2.45) is 7.05 Å². The molecule has 0 atom stereocenters. The number of carbonyl (C=O) groups excluding carboxylic acids is 2. The number of Topliss-reactive ketones (excluding diaryl/α,β-unsaturated/α-hetero) is 1. The molecule has 4 rings (SSSR count). The van der Waals surface area contributed by atoms with E-state index >= 15 is 0 Å². The summed E-state index contributed by atoms with van der Waals surface area (Å²) in [6, 6.07) is 23.2. The Morgan fingerprint density at radius 2 is 1.59 bits per heavy atom. The van der Waals surface area contributed by atoms with Crippen molar-refractivity contribution >= 4 is 40.7 Å². The van der Waals surface area contributed by atoms with Gasteiger partial charge in [-0.1, -0.05) is 41.6 Å². The van der Waals surface area contributed by atoms with E-state index in [4.69, 9.17) is 11.6 Å². The smallest absolute Gasteiger partial charge is 0.255 e. The number of hydrogen-bond acceptors (Lipinski definition) is 5. The van der Waals surface area contributed by atoms with Gasteiger partial charge in [0, 0.05) is 34.4 Å². The maximum atomic E-state index is 12.6. The highest BCUT2D eigenvalue weighted by Gasteiger charge is 2.14. The first kappa shape index (κ1) is 21.8. The average Bonchev–Trinajstić information content (AvgIpc) is 3.19. The molecule has 3 aromatic carbocycles. The first-order valence-electron chi connectivity index (χ1n) is 9.79. The van der Waals surface area contributed by atoms with E-state index in [0.29, 0.717) is 32.8 Å². The van der Waals surface area contributed by atoms with Crippen molar-refractivity contribution in [1.82, 2.24) is 14.8 Å². The number of nitrogens with zero attached hydrogens (tertiary/aromatic N) is 3. The number of amides is 1. The molecule has 0 saturated heterocycles. The zero-order valence-electron chi connectivity index (χ0n) is 17.2. The SMILES string of the molecule is Cn1c(SCC(=O)c2ccc(NC(=O)c3ccccc3)cc2)nnc1-c1ccc(Cl)cc1. The summed E-state index contributed by atoms with van der Waals surface area (Å²) >= 11 is 7.27. The van der Waals surface area contributed by atoms with Crippen LogP contribution in [0.2, 0.25) is 5.02 Å². The summed E-state index contributed by atoms with van der Waals surface area (Å²) in [5.74, 6) is 0.698. The number of halogens is 1. The second-order valence-electron chi connectivity index (χ2n) is 6.98. The van der Waals surface area contributed by atoms with Gasteiger partial charge in [0.15, 0.2) is 16.8 Å². The minimum absolute atomic E-state index is 0.0352. The molecule has 0 unspecified atom stereocenters. The number of hydrogen-bond donors (Lipinski definition) is 1. The Morgan fingerprint density at radius 3 is 2.28 bits per heavy atom. The van der Waals surface area contributed by atoms with Gasteiger partial charge in [0.05, 0.1) is 5.75 Å². The van der Waals surface area contributed by atoms with Gasteiger partial charge in [-0.25, -0.2) is 0 Å². The third-order valence-electron chi connectivity index (χ3n) is 4.77. The van der Waals surface area contributed by atoms with Crippen LogP contribution in [-0.4, -0.2) is 32.2 Å². The maximum Gasteiger partial charge on any atom is 0.255 e. The summed E-state index contributed by atoms with van der Waals surface area (Å²) < 4.78 is 1.85. The van der Waals surface area contributed by atoms with Crippen molar-refractivity contribution in [3.63, 3.8) is 0 Å². The predicted octanol–water partition coefficient (Wildman–Crippen LogP) is 5.36. The molecule has 1 aromatic heterocycles. The lowest BCUT2D eigenvalue weighted by molar-refractivity contribution is 0.101. The number of ketones is 1. The average molecular weight is 463 g/mol. The fraction of sp³-hybridized carbons (Fsp3) is 0.0833. The largest absolute Gasteiger partial charge is 0.322 e. The number of thioether (sulfide) groups is 1. The maximum absolute atomic E-state index is 12.6. The number of aromatic nitrogens is 3. The molecule has 8 heteroatoms. The van der Waals surface area contributed by atoms with E-state index in [1.165, 1.54) is 11.8 Å². The highest BCUT2D eigenvalue weighted by molar-refractivity contribution is 7.99. The van der Waals surface area contributed by atoms with Crippen LogP contribution < -0.4 is 5.32 Å². The van der Waals surface area contributed by atoms with Gasteiger partial charge in [-0.15, -0.1) is 10.2 Å². The lowest BCUT2D eigenvalue weighted by atomic mass is 10.1. The Balaban J connectivity index is 1.36. The predicted molar refractivity (Wildman–Crippen MR) is 127 cm³/mol. The molecule has 0 spiro atoms. The highest BCUT2D eigenvalue weighted by Crippen LogP contribution is 2.24. The van der Waals surface area contributed by atoms with Crippen molar-refractivity contribution in [2.75, 3.05) is 11.1 Å². The van der Waals surface area contributed by atoms with Gasteiger partial charge in [-0.3, -0.25) is 9.59 Å². The summed E-state index contributed by atoms with van der Waals surface area (Å²) in [5.41, 5.74) is 2.67. The highest BCUT2D eigenvalue weighted by atomic mass is 35.5. The number of nitrogens with one attached hydrogen (secondary N) is 1. The van der Waals surface area contributed by atoms with Gasteiger partial charge in [0.2, 0.25) is 0 Å². The molecule has 1 amide bonds. The molecule has 0 radical (unpaired) electrons. The van der Waals surface area contributed by atoms with Crippen LogP contribution in [0.5, 0.6) is 0 Å². The summed E-state index contributed by atoms with van der Waals surface area (Å²) in [4.78, 5) is 24.9. The van der Waals surface area contributed by atoms with E-state index in [-0.39, 0.29) is 17.4 Å². The molecular weight excluding hydrogens is 444 g/mol. The van der Waals surface area contributed by atoms with Crippen LogP contribution in [0, 0.1) is 0 Å². The number of anilines is 1. The number of carbonyl (C=O) groups is 2. The van der Waals surface area contributed by atoms with E-state index < -0.39 is 0 Å². The zero-order chi connectivity index (χ0) is 22.5. The second-order valence-corrected chi connectivity index (χ2v) is 8.36. The Bertz CT molecular complexity index is 1240. The van der Waals surface area contributed by atoms with Crippen molar-refractivity contribution < 1.29 is 9.59 Å². The van der Waals surface area contributed by atoms with Crippen molar-refractivity contribution in [3.05, 3.63) is 95.0 Å². The molecule has 0 aliphatic carbocycles. The van der Waals surface area contributed by atoms with E-state index in [9.17, 15) is 9.59 Å². The molecule has 1 N–H and O–H groups in total. The van der Waals surface area contributed by atoms with E-state index in [2.05, 4.69) is 15.5 Å². The fourth-order valence-electron chi connectivity index (χ4n) is 3.04. The normalized spacial score (nSPS) is 10.7. The minimum Gasteiger partial charge on any atom is -0.322 e. The van der Waals surface area contributed by atoms with E-state index in [0.717, 1.165) is 5.56 Å².